The van der Waals surface area contributed by atoms with Crippen molar-refractivity contribution in [3.63, 3.8) is 0 Å². The fraction of sp³-hybridized carbons (Fsp3) is 0.515. The van der Waals surface area contributed by atoms with Gasteiger partial charge in [-0.2, -0.15) is 0 Å². The highest BCUT2D eigenvalue weighted by molar-refractivity contribution is 5.97. The number of aliphatic hydroxyl groups is 6. The molecule has 0 bridgehead atoms. The molecule has 0 aliphatic heterocycles. The predicted molar refractivity (Wildman–Crippen MR) is 185 cm³/mol. The average Bonchev–Trinajstić information content (AvgIpc) is 3.87. The second kappa shape index (κ2) is 19.1. The van der Waals surface area contributed by atoms with Crippen molar-refractivity contribution in [2.75, 3.05) is 33.3 Å². The molecule has 0 aliphatic rings. The van der Waals surface area contributed by atoms with Crippen LogP contribution in [0.15, 0.2) is 31.5 Å². The van der Waals surface area contributed by atoms with E-state index in [9.17, 15) is 49.8 Å². The van der Waals surface area contributed by atoms with Gasteiger partial charge < -0.3 is 87.5 Å². The lowest BCUT2D eigenvalue weighted by Gasteiger charge is -2.22. The van der Waals surface area contributed by atoms with E-state index in [0.717, 1.165) is 7.11 Å². The third-order valence-electron chi connectivity index (χ3n) is 8.62. The highest BCUT2D eigenvalue weighted by atomic mass is 16.5. The van der Waals surface area contributed by atoms with Crippen molar-refractivity contribution >= 4 is 23.7 Å². The summed E-state index contributed by atoms with van der Waals surface area (Å²) in [6, 6.07) is -0.167. The van der Waals surface area contributed by atoms with Crippen LogP contribution in [0.1, 0.15) is 83.8 Å². The first-order valence-electron chi connectivity index (χ1n) is 16.6. The van der Waals surface area contributed by atoms with Gasteiger partial charge in [-0.1, -0.05) is 0 Å². The average molecular weight is 768 g/mol. The Kier molecular flexibility index (Phi) is 15.4. The first-order valence-corrected chi connectivity index (χ1v) is 16.6. The summed E-state index contributed by atoms with van der Waals surface area (Å²) in [5.41, 5.74) is 23.4. The van der Waals surface area contributed by atoms with Crippen LogP contribution in [-0.2, 0) is 9.53 Å². The molecule has 0 radical (unpaired) electrons. The number of nitrogens with one attached hydrogen (secondary N) is 3. The number of ether oxygens (including phenoxy) is 1. The number of carbonyl (C=O) groups is 4. The molecular formula is C33H49N7O14. The number of methoxy groups -OCH3 is 1. The minimum absolute atomic E-state index is 0.00287. The molecule has 9 atom stereocenters. The van der Waals surface area contributed by atoms with Gasteiger partial charge in [-0.15, -0.1) is 0 Å². The van der Waals surface area contributed by atoms with Crippen molar-refractivity contribution in [3.8, 4) is 0 Å². The molecule has 21 nitrogen and oxygen atoms in total. The normalized spacial score (nSPS) is 16.6. The van der Waals surface area contributed by atoms with Gasteiger partial charge in [0.2, 0.25) is 0 Å². The van der Waals surface area contributed by atoms with Crippen molar-refractivity contribution in [1.29, 1.82) is 0 Å². The maximum atomic E-state index is 13.0. The predicted octanol–water partition coefficient (Wildman–Crippen LogP) is -3.72. The van der Waals surface area contributed by atoms with Crippen LogP contribution in [0.3, 0.4) is 0 Å². The smallest absolute Gasteiger partial charge is 0.325 e. The molecule has 21 heteroatoms. The summed E-state index contributed by atoms with van der Waals surface area (Å²) in [5, 5.41) is 69.6. The van der Waals surface area contributed by atoms with Gasteiger partial charge in [0.25, 0.3) is 17.7 Å². The van der Waals surface area contributed by atoms with E-state index >= 15 is 0 Å². The van der Waals surface area contributed by atoms with E-state index < -0.39 is 98.1 Å². The molecule has 0 aliphatic carbocycles. The van der Waals surface area contributed by atoms with Gasteiger partial charge in [-0.3, -0.25) is 19.2 Å². The quantitative estimate of drug-likeness (QED) is 0.0521. The molecule has 3 aromatic heterocycles. The van der Waals surface area contributed by atoms with E-state index in [-0.39, 0.29) is 57.8 Å². The molecule has 3 amide bonds. The van der Waals surface area contributed by atoms with Gasteiger partial charge in [-0.05, 0) is 39.0 Å². The van der Waals surface area contributed by atoms with Crippen LogP contribution in [0.25, 0.3) is 0 Å². The number of hydrogen-bond donors (Lipinski definition) is 13. The Morgan fingerprint density at radius 1 is 0.611 bits per heavy atom. The molecule has 0 spiro atoms. The zero-order chi connectivity index (χ0) is 40.6. The number of rotatable bonds is 19. The summed E-state index contributed by atoms with van der Waals surface area (Å²) in [6.45, 7) is 2.72. The molecule has 0 saturated heterocycles. The Bertz CT molecular complexity index is 1760. The standard InChI is InChI=1S/C33H49N7O14/c1-12-15(5-21(52-12)25(35)28(45)18(41)8-34)31(48)38-9-19(42)29(46)26(36)22-6-16(13(2)53-22)32(49)39-10-20(43)30(47)27(37)23-7-17(14(3)54-23)33(50)40-11-24(44)51-4/h5-7,18-20,25-30,41-43,45-47H,8-11,34-37H2,1-4H3,(H,38,48)(H,39,49)(H,40,50)/t18-,19-,20-,25+,26+,27+,28-,29-,30-/m1/s1. The van der Waals surface area contributed by atoms with E-state index in [2.05, 4.69) is 20.7 Å². The van der Waals surface area contributed by atoms with Crippen LogP contribution < -0.4 is 38.9 Å². The number of aliphatic hydroxyl groups excluding tert-OH is 6. The summed E-state index contributed by atoms with van der Waals surface area (Å²) >= 11 is 0. The highest BCUT2D eigenvalue weighted by Gasteiger charge is 2.33. The fourth-order valence-electron chi connectivity index (χ4n) is 5.19. The number of esters is 1. The maximum Gasteiger partial charge on any atom is 0.325 e. The number of carbonyl (C=O) groups excluding carboxylic acids is 4. The van der Waals surface area contributed by atoms with Crippen LogP contribution in [0.2, 0.25) is 0 Å². The van der Waals surface area contributed by atoms with E-state index in [1.165, 1.54) is 39.0 Å². The molecule has 3 rings (SSSR count). The maximum absolute atomic E-state index is 13.0. The molecule has 0 unspecified atom stereocenters. The van der Waals surface area contributed by atoms with Crippen LogP contribution >= 0.6 is 0 Å². The van der Waals surface area contributed by atoms with Gasteiger partial charge >= 0.3 is 5.97 Å². The lowest BCUT2D eigenvalue weighted by atomic mass is 10.0. The summed E-state index contributed by atoms with van der Waals surface area (Å²) in [7, 11) is 1.16. The van der Waals surface area contributed by atoms with E-state index in [1.807, 2.05) is 0 Å². The molecule has 0 aromatic carbocycles. The van der Waals surface area contributed by atoms with E-state index in [1.54, 1.807) is 0 Å². The molecule has 54 heavy (non-hydrogen) atoms. The molecule has 3 heterocycles. The Labute approximate surface area is 308 Å². The first kappa shape index (κ1) is 43.7. The van der Waals surface area contributed by atoms with Crippen LogP contribution in [0.4, 0.5) is 0 Å². The van der Waals surface area contributed by atoms with Gasteiger partial charge in [0, 0.05) is 19.6 Å². The summed E-state index contributed by atoms with van der Waals surface area (Å²) < 4.78 is 21.0. The number of aryl methyl sites for hydroxylation is 3. The molecule has 300 valence electrons. The van der Waals surface area contributed by atoms with Gasteiger partial charge in [0.15, 0.2) is 0 Å². The molecular weight excluding hydrogens is 718 g/mol. The SMILES string of the molecule is COC(=O)CNC(=O)c1cc([C@H](N)[C@H](O)[C@H](O)CNC(=O)c2cc([C@H](N)[C@H](O)[C@H](O)CNC(=O)c3cc([C@H](N)[C@H](O)[C@H](O)CN)oc3C)oc2C)oc1C. The van der Waals surface area contributed by atoms with E-state index in [4.69, 9.17) is 36.2 Å². The minimum atomic E-state index is -1.70. The molecule has 3 aromatic rings. The lowest BCUT2D eigenvalue weighted by molar-refractivity contribution is -0.139. The number of furan rings is 3. The molecule has 0 fully saturated rings. The monoisotopic (exact) mass is 767 g/mol. The van der Waals surface area contributed by atoms with Crippen molar-refractivity contribution < 1.29 is 67.8 Å². The topological polar surface area (TPSA) is 378 Å². The highest BCUT2D eigenvalue weighted by Crippen LogP contribution is 2.26. The number of amides is 3. The van der Waals surface area contributed by atoms with E-state index in [0.29, 0.717) is 0 Å². The third-order valence-corrected chi connectivity index (χ3v) is 8.62. The summed E-state index contributed by atoms with van der Waals surface area (Å²) in [4.78, 5) is 49.5. The Hall–Kier alpha value is -4.68. The summed E-state index contributed by atoms with van der Waals surface area (Å²) in [5.74, 6) is -2.62. The van der Waals surface area contributed by atoms with Crippen LogP contribution in [0.5, 0.6) is 0 Å². The van der Waals surface area contributed by atoms with Crippen molar-refractivity contribution in [3.05, 3.63) is 69.5 Å². The van der Waals surface area contributed by atoms with Crippen LogP contribution in [-0.4, -0.2) is 124 Å². The zero-order valence-electron chi connectivity index (χ0n) is 30.0. The Morgan fingerprint density at radius 3 is 1.24 bits per heavy atom. The van der Waals surface area contributed by atoms with Gasteiger partial charge in [-0.25, -0.2) is 0 Å². The Morgan fingerprint density at radius 2 is 0.926 bits per heavy atom. The fourth-order valence-corrected chi connectivity index (χ4v) is 5.19. The van der Waals surface area contributed by atoms with Crippen molar-refractivity contribution in [2.45, 2.75) is 75.5 Å². The van der Waals surface area contributed by atoms with Crippen molar-refractivity contribution in [1.82, 2.24) is 16.0 Å². The molecule has 0 saturated carbocycles. The molecule has 17 N–H and O–H groups in total. The lowest BCUT2D eigenvalue weighted by Crippen LogP contribution is -2.44. The second-order valence-corrected chi connectivity index (χ2v) is 12.5. The van der Waals surface area contributed by atoms with Gasteiger partial charge in [0.05, 0.1) is 60.2 Å². The van der Waals surface area contributed by atoms with Crippen molar-refractivity contribution in [2.24, 2.45) is 22.9 Å². The largest absolute Gasteiger partial charge is 0.468 e. The Balaban J connectivity index is 1.55. The number of nitrogens with two attached hydrogens (primary N) is 4. The third kappa shape index (κ3) is 10.5. The van der Waals surface area contributed by atoms with Crippen LogP contribution in [0, 0.1) is 20.8 Å². The van der Waals surface area contributed by atoms with Gasteiger partial charge in [0.1, 0.15) is 59.4 Å². The number of hydrogen-bond acceptors (Lipinski definition) is 18. The summed E-state index contributed by atoms with van der Waals surface area (Å²) in [6.07, 6.45) is -9.40. The minimum Gasteiger partial charge on any atom is -0.468 e. The zero-order valence-corrected chi connectivity index (χ0v) is 30.0. The second-order valence-electron chi connectivity index (χ2n) is 12.5. The first-order chi connectivity index (χ1) is 25.3.